The summed E-state index contributed by atoms with van der Waals surface area (Å²) in [6, 6.07) is 5.08. The van der Waals surface area contributed by atoms with Gasteiger partial charge >= 0.3 is 12.0 Å². The Morgan fingerprint density at radius 1 is 1.28 bits per heavy atom. The van der Waals surface area contributed by atoms with Crippen molar-refractivity contribution in [1.82, 2.24) is 5.43 Å². The smallest absolute Gasteiger partial charge is 0.425 e. The Bertz CT molecular complexity index is 448. The lowest BCUT2D eigenvalue weighted by molar-refractivity contribution is -0.192. The van der Waals surface area contributed by atoms with Gasteiger partial charge in [0.25, 0.3) is 0 Å². The highest BCUT2D eigenvalue weighted by atomic mass is 19.3. The molecule has 0 heterocycles. The fourth-order valence-electron chi connectivity index (χ4n) is 1.09. The van der Waals surface area contributed by atoms with Crippen molar-refractivity contribution in [3.63, 3.8) is 0 Å². The van der Waals surface area contributed by atoms with Crippen molar-refractivity contribution < 1.29 is 23.1 Å². The molecule has 0 atom stereocenters. The van der Waals surface area contributed by atoms with Crippen molar-refractivity contribution in [3.8, 4) is 5.75 Å². The van der Waals surface area contributed by atoms with Gasteiger partial charge in [-0.3, -0.25) is 15.0 Å². The number of nitrogens with one attached hydrogen (secondary N) is 2. The molecule has 4 N–H and O–H groups in total. The first kappa shape index (κ1) is 13.8. The predicted octanol–water partition coefficient (Wildman–Crippen LogP) is 0.606. The molecule has 98 valence electrons. The molecule has 0 aromatic heterocycles. The summed E-state index contributed by atoms with van der Waals surface area (Å²) in [5.41, 5.74) is 1.71. The first-order valence-electron chi connectivity index (χ1n) is 4.80. The van der Waals surface area contributed by atoms with Crippen LogP contribution in [0, 0.1) is 0 Å². The number of hydrogen-bond donors (Lipinski definition) is 3. The lowest BCUT2D eigenvalue weighted by Gasteiger charge is -2.15. The van der Waals surface area contributed by atoms with Crippen LogP contribution in [0.15, 0.2) is 24.3 Å². The van der Waals surface area contributed by atoms with Crippen LogP contribution in [0.2, 0.25) is 0 Å². The van der Waals surface area contributed by atoms with Gasteiger partial charge in [-0.05, 0) is 24.3 Å². The maximum atomic E-state index is 13.0. The summed E-state index contributed by atoms with van der Waals surface area (Å²) in [4.78, 5) is 21.4. The number of carbonyl (C=O) groups is 2. The summed E-state index contributed by atoms with van der Waals surface area (Å²) in [6.45, 7) is 1.31. The number of ether oxygens (including phenoxy) is 1. The average molecular weight is 259 g/mol. The maximum Gasteiger partial charge on any atom is 0.483 e. The molecule has 0 saturated heterocycles. The van der Waals surface area contributed by atoms with Crippen molar-refractivity contribution in [2.24, 2.45) is 5.84 Å². The molecular formula is C10H11F2N3O3. The summed E-state index contributed by atoms with van der Waals surface area (Å²) in [5, 5.41) is 2.45. The van der Waals surface area contributed by atoms with Crippen LogP contribution in [0.5, 0.6) is 5.75 Å². The van der Waals surface area contributed by atoms with Crippen LogP contribution < -0.4 is 21.3 Å². The van der Waals surface area contributed by atoms with Crippen molar-refractivity contribution in [1.29, 1.82) is 0 Å². The summed E-state index contributed by atoms with van der Waals surface area (Å²) in [5.74, 6) is 2.29. The van der Waals surface area contributed by atoms with Gasteiger partial charge in [0.05, 0.1) is 0 Å². The average Bonchev–Trinajstić information content (AvgIpc) is 2.29. The standard InChI is InChI=1S/C10H11F2N3O3/c1-6(16)14-7-2-4-8(5-3-7)18-10(11,12)9(17)15-13/h2-5H,13H2,1H3,(H,14,16)(H,15,17). The van der Waals surface area contributed by atoms with Gasteiger partial charge in [-0.2, -0.15) is 8.78 Å². The van der Waals surface area contributed by atoms with Crippen LogP contribution in [0.1, 0.15) is 6.92 Å². The van der Waals surface area contributed by atoms with Gasteiger partial charge in [-0.25, -0.2) is 5.84 Å². The van der Waals surface area contributed by atoms with Crippen molar-refractivity contribution in [3.05, 3.63) is 24.3 Å². The zero-order valence-electron chi connectivity index (χ0n) is 9.37. The highest BCUT2D eigenvalue weighted by Crippen LogP contribution is 2.23. The molecule has 2 amide bonds. The second kappa shape index (κ2) is 5.41. The molecule has 1 rings (SSSR count). The monoisotopic (exact) mass is 259 g/mol. The molecule has 0 radical (unpaired) electrons. The second-order valence-corrected chi connectivity index (χ2v) is 3.30. The highest BCUT2D eigenvalue weighted by molar-refractivity contribution is 5.88. The Kier molecular flexibility index (Phi) is 4.16. The SMILES string of the molecule is CC(=O)Nc1ccc(OC(F)(F)C(=O)NN)cc1. The Hall–Kier alpha value is -2.22. The largest absolute Gasteiger partial charge is 0.483 e. The lowest BCUT2D eigenvalue weighted by Crippen LogP contribution is -2.47. The number of hydrazine groups is 1. The number of nitrogens with two attached hydrogens (primary N) is 1. The van der Waals surface area contributed by atoms with Gasteiger partial charge in [0.1, 0.15) is 5.75 Å². The molecule has 0 aliphatic heterocycles. The molecular weight excluding hydrogens is 248 g/mol. The van der Waals surface area contributed by atoms with Crippen molar-refractivity contribution in [2.45, 2.75) is 13.0 Å². The fraction of sp³-hybridized carbons (Fsp3) is 0.200. The molecule has 0 saturated carbocycles. The van der Waals surface area contributed by atoms with E-state index in [0.29, 0.717) is 5.69 Å². The van der Waals surface area contributed by atoms with E-state index in [4.69, 9.17) is 0 Å². The Morgan fingerprint density at radius 2 is 1.83 bits per heavy atom. The third-order valence-corrected chi connectivity index (χ3v) is 1.82. The number of anilines is 1. The van der Waals surface area contributed by atoms with Gasteiger partial charge in [-0.1, -0.05) is 0 Å². The van der Waals surface area contributed by atoms with Gasteiger partial charge in [0.15, 0.2) is 0 Å². The number of carbonyl (C=O) groups excluding carboxylic acids is 2. The number of amides is 2. The topological polar surface area (TPSA) is 93.4 Å². The van der Waals surface area contributed by atoms with Crippen molar-refractivity contribution in [2.75, 3.05) is 5.32 Å². The normalized spacial score (nSPS) is 10.7. The van der Waals surface area contributed by atoms with Crippen LogP contribution in [0.3, 0.4) is 0 Å². The first-order valence-corrected chi connectivity index (χ1v) is 4.80. The van der Waals surface area contributed by atoms with Crippen LogP contribution in [0.4, 0.5) is 14.5 Å². The Balaban J connectivity index is 2.74. The van der Waals surface area contributed by atoms with Crippen LogP contribution in [-0.4, -0.2) is 17.9 Å². The minimum atomic E-state index is -4.07. The third-order valence-electron chi connectivity index (χ3n) is 1.82. The van der Waals surface area contributed by atoms with Gasteiger partial charge in [0, 0.05) is 12.6 Å². The molecule has 1 aromatic rings. The maximum absolute atomic E-state index is 13.0. The molecule has 0 aliphatic rings. The molecule has 6 nitrogen and oxygen atoms in total. The number of halogens is 2. The molecule has 0 aliphatic carbocycles. The van der Waals surface area contributed by atoms with Gasteiger partial charge in [-0.15, -0.1) is 0 Å². The number of benzene rings is 1. The molecule has 1 aromatic carbocycles. The second-order valence-electron chi connectivity index (χ2n) is 3.30. The van der Waals surface area contributed by atoms with Gasteiger partial charge in [0.2, 0.25) is 5.91 Å². The number of hydrogen-bond acceptors (Lipinski definition) is 4. The quantitative estimate of drug-likeness (QED) is 0.419. The van der Waals surface area contributed by atoms with E-state index in [1.807, 2.05) is 0 Å². The summed E-state index contributed by atoms with van der Waals surface area (Å²) in [6.07, 6.45) is -4.07. The van der Waals surface area contributed by atoms with E-state index < -0.39 is 12.0 Å². The van der Waals surface area contributed by atoms with Crippen LogP contribution >= 0.6 is 0 Å². The molecule has 0 fully saturated rings. The van der Waals surface area contributed by atoms with E-state index in [-0.39, 0.29) is 11.7 Å². The lowest BCUT2D eigenvalue weighted by atomic mass is 10.3. The minimum Gasteiger partial charge on any atom is -0.425 e. The van der Waals surface area contributed by atoms with Crippen LogP contribution in [-0.2, 0) is 9.59 Å². The van der Waals surface area contributed by atoms with E-state index in [1.165, 1.54) is 36.6 Å². The minimum absolute atomic E-state index is 0.238. The van der Waals surface area contributed by atoms with E-state index >= 15 is 0 Å². The molecule has 0 bridgehead atoms. The van der Waals surface area contributed by atoms with E-state index in [9.17, 15) is 18.4 Å². The first-order chi connectivity index (χ1) is 8.35. The fourth-order valence-corrected chi connectivity index (χ4v) is 1.09. The third kappa shape index (κ3) is 3.67. The van der Waals surface area contributed by atoms with E-state index in [0.717, 1.165) is 0 Å². The van der Waals surface area contributed by atoms with Crippen molar-refractivity contribution >= 4 is 17.5 Å². The molecule has 18 heavy (non-hydrogen) atoms. The van der Waals surface area contributed by atoms with Crippen LogP contribution in [0.25, 0.3) is 0 Å². The van der Waals surface area contributed by atoms with E-state index in [1.54, 1.807) is 0 Å². The zero-order chi connectivity index (χ0) is 13.8. The number of alkyl halides is 2. The molecule has 0 unspecified atom stereocenters. The summed E-state index contributed by atoms with van der Waals surface area (Å²) >= 11 is 0. The molecule has 8 heteroatoms. The Labute approximate surface area is 101 Å². The van der Waals surface area contributed by atoms with E-state index in [2.05, 4.69) is 15.9 Å². The molecule has 0 spiro atoms. The number of rotatable bonds is 4. The Morgan fingerprint density at radius 3 is 2.28 bits per heavy atom. The van der Waals surface area contributed by atoms with Gasteiger partial charge < -0.3 is 10.1 Å². The summed E-state index contributed by atoms with van der Waals surface area (Å²) in [7, 11) is 0. The highest BCUT2D eigenvalue weighted by Gasteiger charge is 2.41. The summed E-state index contributed by atoms with van der Waals surface area (Å²) < 4.78 is 30.2. The predicted molar refractivity (Wildman–Crippen MR) is 58.7 cm³/mol. The zero-order valence-corrected chi connectivity index (χ0v) is 9.37.